The second-order valence-electron chi connectivity index (χ2n) is 6.49. The maximum atomic E-state index is 13.7. The largest absolute Gasteiger partial charge is 0.505 e. The molecule has 1 aromatic rings. The summed E-state index contributed by atoms with van der Waals surface area (Å²) in [6.07, 6.45) is 0. The lowest BCUT2D eigenvalue weighted by Crippen LogP contribution is -2.48. The third kappa shape index (κ3) is 3.04. The summed E-state index contributed by atoms with van der Waals surface area (Å²) in [4.78, 5) is 2.28. The minimum atomic E-state index is -0.403. The van der Waals surface area contributed by atoms with Crippen LogP contribution < -0.4 is 11.1 Å². The number of piperazine rings is 1. The fourth-order valence-electron chi connectivity index (χ4n) is 3.00. The van der Waals surface area contributed by atoms with E-state index in [0.29, 0.717) is 5.56 Å². The molecule has 1 heterocycles. The van der Waals surface area contributed by atoms with E-state index in [1.54, 1.807) is 0 Å². The maximum Gasteiger partial charge on any atom is 0.143 e. The Balaban J connectivity index is 2.46. The van der Waals surface area contributed by atoms with Crippen LogP contribution in [0, 0.1) is 11.2 Å². The average Bonchev–Trinajstić information content (AvgIpc) is 2.35. The quantitative estimate of drug-likeness (QED) is 0.574. The first-order valence-corrected chi connectivity index (χ1v) is 7.03. The summed E-state index contributed by atoms with van der Waals surface area (Å²) in [5.41, 5.74) is 6.26. The lowest BCUT2D eigenvalue weighted by Gasteiger charge is -2.42. The van der Waals surface area contributed by atoms with Gasteiger partial charge in [-0.05, 0) is 11.5 Å². The summed E-state index contributed by atoms with van der Waals surface area (Å²) < 4.78 is 13.7. The molecule has 0 aromatic heterocycles. The topological polar surface area (TPSA) is 61.5 Å². The number of nitrogens with two attached hydrogens (primary N) is 1. The zero-order valence-electron chi connectivity index (χ0n) is 12.4. The first-order valence-electron chi connectivity index (χ1n) is 7.03. The smallest absolute Gasteiger partial charge is 0.143 e. The van der Waals surface area contributed by atoms with Gasteiger partial charge in [-0.25, -0.2) is 4.39 Å². The van der Waals surface area contributed by atoms with Gasteiger partial charge >= 0.3 is 0 Å². The van der Waals surface area contributed by atoms with Crippen LogP contribution in [0.4, 0.5) is 10.1 Å². The number of benzene rings is 1. The number of phenols is 1. The molecule has 0 bridgehead atoms. The molecule has 20 heavy (non-hydrogen) atoms. The minimum Gasteiger partial charge on any atom is -0.505 e. The molecule has 5 heteroatoms. The number of anilines is 1. The molecule has 0 radical (unpaired) electrons. The first kappa shape index (κ1) is 15.1. The van der Waals surface area contributed by atoms with E-state index in [4.69, 9.17) is 5.73 Å². The normalized spacial score (nSPS) is 19.0. The van der Waals surface area contributed by atoms with Crippen molar-refractivity contribution in [3.8, 4) is 5.75 Å². The summed E-state index contributed by atoms with van der Waals surface area (Å²) in [7, 11) is 0. The number of aromatic hydroxyl groups is 1. The third-order valence-corrected chi connectivity index (χ3v) is 3.77. The Labute approximate surface area is 119 Å². The summed E-state index contributed by atoms with van der Waals surface area (Å²) in [6.45, 7) is 9.84. The second kappa shape index (κ2) is 5.58. The summed E-state index contributed by atoms with van der Waals surface area (Å²) in [5.74, 6) is -0.399. The van der Waals surface area contributed by atoms with Gasteiger partial charge in [0.2, 0.25) is 0 Å². The van der Waals surface area contributed by atoms with Crippen LogP contribution in [-0.2, 0) is 0 Å². The molecule has 0 aliphatic carbocycles. The van der Waals surface area contributed by atoms with Crippen LogP contribution in [0.2, 0.25) is 0 Å². The average molecular weight is 281 g/mol. The van der Waals surface area contributed by atoms with Gasteiger partial charge in [0, 0.05) is 43.9 Å². The number of rotatable bonds is 2. The van der Waals surface area contributed by atoms with Crippen molar-refractivity contribution in [1.82, 2.24) is 10.2 Å². The van der Waals surface area contributed by atoms with Gasteiger partial charge in [-0.1, -0.05) is 20.8 Å². The number of nitrogen functional groups attached to an aromatic ring is 1. The van der Waals surface area contributed by atoms with Crippen molar-refractivity contribution in [2.75, 3.05) is 31.9 Å². The van der Waals surface area contributed by atoms with Crippen molar-refractivity contribution in [3.05, 3.63) is 23.5 Å². The number of phenolic OH excluding ortho intramolecular Hbond substituents is 1. The highest BCUT2D eigenvalue weighted by atomic mass is 19.1. The van der Waals surface area contributed by atoms with Gasteiger partial charge in [0.05, 0.1) is 5.69 Å². The van der Waals surface area contributed by atoms with Gasteiger partial charge < -0.3 is 16.2 Å². The molecule has 0 saturated carbocycles. The molecule has 1 aliphatic heterocycles. The number of nitrogens with zero attached hydrogens (tertiary/aromatic N) is 1. The highest BCUT2D eigenvalue weighted by Crippen LogP contribution is 2.43. The lowest BCUT2D eigenvalue weighted by molar-refractivity contribution is 0.0841. The molecular formula is C15H24FN3O. The fourth-order valence-corrected chi connectivity index (χ4v) is 3.00. The number of hydrogen-bond acceptors (Lipinski definition) is 4. The van der Waals surface area contributed by atoms with E-state index >= 15 is 0 Å². The van der Waals surface area contributed by atoms with Crippen LogP contribution in [0.25, 0.3) is 0 Å². The van der Waals surface area contributed by atoms with E-state index < -0.39 is 5.82 Å². The molecule has 1 atom stereocenters. The van der Waals surface area contributed by atoms with E-state index in [0.717, 1.165) is 32.2 Å². The highest BCUT2D eigenvalue weighted by molar-refractivity contribution is 5.57. The molecule has 0 spiro atoms. The van der Waals surface area contributed by atoms with Gasteiger partial charge in [-0.15, -0.1) is 0 Å². The van der Waals surface area contributed by atoms with E-state index in [9.17, 15) is 9.50 Å². The number of hydrogen-bond donors (Lipinski definition) is 3. The van der Waals surface area contributed by atoms with Crippen LogP contribution in [0.3, 0.4) is 0 Å². The predicted molar refractivity (Wildman–Crippen MR) is 79.1 cm³/mol. The molecule has 1 fully saturated rings. The van der Waals surface area contributed by atoms with Crippen molar-refractivity contribution in [2.24, 2.45) is 5.41 Å². The van der Waals surface area contributed by atoms with Crippen molar-refractivity contribution < 1.29 is 9.50 Å². The molecule has 112 valence electrons. The lowest BCUT2D eigenvalue weighted by atomic mass is 9.80. The summed E-state index contributed by atoms with van der Waals surface area (Å²) in [6, 6.07) is 2.50. The number of halogens is 1. The van der Waals surface area contributed by atoms with Gasteiger partial charge in [0.25, 0.3) is 0 Å². The standard InChI is InChI=1S/C15H24FN3O/c1-15(2,3)14(19-6-4-18-5-7-19)11-8-10(16)9-12(17)13(11)20/h8-9,14,18,20H,4-7,17H2,1-3H3/t14-/m0/s1. The first-order chi connectivity index (χ1) is 9.30. The summed E-state index contributed by atoms with van der Waals surface area (Å²) >= 11 is 0. The zero-order valence-corrected chi connectivity index (χ0v) is 12.4. The molecule has 0 amide bonds. The predicted octanol–water partition coefficient (Wildman–Crippen LogP) is 2.11. The van der Waals surface area contributed by atoms with Crippen LogP contribution in [0.1, 0.15) is 32.4 Å². The SMILES string of the molecule is CC(C)(C)[C@H](c1cc(F)cc(N)c1O)N1CCNCC1. The minimum absolute atomic E-state index is 0.00450. The summed E-state index contributed by atoms with van der Waals surface area (Å²) in [5, 5.41) is 13.6. The number of nitrogens with one attached hydrogen (secondary N) is 1. The molecule has 4 nitrogen and oxygen atoms in total. The third-order valence-electron chi connectivity index (χ3n) is 3.77. The molecule has 2 rings (SSSR count). The zero-order chi connectivity index (χ0) is 14.9. The van der Waals surface area contributed by atoms with E-state index in [1.807, 2.05) is 0 Å². The van der Waals surface area contributed by atoms with Gasteiger partial charge in [0.1, 0.15) is 11.6 Å². The van der Waals surface area contributed by atoms with Gasteiger partial charge in [-0.3, -0.25) is 4.90 Å². The molecule has 4 N–H and O–H groups in total. The molecule has 1 saturated heterocycles. The maximum absolute atomic E-state index is 13.7. The Bertz CT molecular complexity index is 479. The Hall–Kier alpha value is -1.33. The molecule has 1 aromatic carbocycles. The molecule has 0 unspecified atom stereocenters. The van der Waals surface area contributed by atoms with Crippen LogP contribution in [0.5, 0.6) is 5.75 Å². The van der Waals surface area contributed by atoms with Crippen LogP contribution in [0.15, 0.2) is 12.1 Å². The molecule has 1 aliphatic rings. The molecular weight excluding hydrogens is 257 g/mol. The van der Waals surface area contributed by atoms with E-state index in [2.05, 4.69) is 31.0 Å². The van der Waals surface area contributed by atoms with Crippen LogP contribution >= 0.6 is 0 Å². The van der Waals surface area contributed by atoms with Crippen LogP contribution in [-0.4, -0.2) is 36.2 Å². The Morgan fingerprint density at radius 3 is 2.45 bits per heavy atom. The highest BCUT2D eigenvalue weighted by Gasteiger charge is 2.35. The van der Waals surface area contributed by atoms with E-state index in [-0.39, 0.29) is 22.9 Å². The Morgan fingerprint density at radius 2 is 1.90 bits per heavy atom. The van der Waals surface area contributed by atoms with Crippen molar-refractivity contribution in [3.63, 3.8) is 0 Å². The van der Waals surface area contributed by atoms with Crippen molar-refractivity contribution in [2.45, 2.75) is 26.8 Å². The van der Waals surface area contributed by atoms with Crippen molar-refractivity contribution >= 4 is 5.69 Å². The van der Waals surface area contributed by atoms with Crippen molar-refractivity contribution in [1.29, 1.82) is 0 Å². The van der Waals surface area contributed by atoms with Gasteiger partial charge in [0.15, 0.2) is 0 Å². The fraction of sp³-hybridized carbons (Fsp3) is 0.600. The van der Waals surface area contributed by atoms with E-state index in [1.165, 1.54) is 6.07 Å². The van der Waals surface area contributed by atoms with Gasteiger partial charge in [-0.2, -0.15) is 0 Å². The Kier molecular flexibility index (Phi) is 4.20. The Morgan fingerprint density at radius 1 is 1.30 bits per heavy atom. The monoisotopic (exact) mass is 281 g/mol. The second-order valence-corrected chi connectivity index (χ2v) is 6.49.